The van der Waals surface area contributed by atoms with Gasteiger partial charge in [-0.2, -0.15) is 5.10 Å². The van der Waals surface area contributed by atoms with E-state index in [-0.39, 0.29) is 5.91 Å². The van der Waals surface area contributed by atoms with E-state index in [0.717, 1.165) is 67.8 Å². The van der Waals surface area contributed by atoms with Gasteiger partial charge in [0.1, 0.15) is 5.76 Å². The summed E-state index contributed by atoms with van der Waals surface area (Å²) in [6.07, 6.45) is 9.62. The molecule has 1 saturated heterocycles. The zero-order chi connectivity index (χ0) is 22.1. The van der Waals surface area contributed by atoms with Crippen LogP contribution in [0, 0.1) is 0 Å². The normalized spacial score (nSPS) is 18.0. The van der Waals surface area contributed by atoms with Gasteiger partial charge >= 0.3 is 0 Å². The maximum absolute atomic E-state index is 13.3. The van der Waals surface area contributed by atoms with Gasteiger partial charge in [-0.3, -0.25) is 10.2 Å². The Balaban J connectivity index is 1.61. The number of carbonyl (C=O) groups is 1. The number of aromatic nitrogens is 2. The van der Waals surface area contributed by atoms with Crippen molar-refractivity contribution in [2.75, 3.05) is 13.1 Å². The third kappa shape index (κ3) is 4.22. The summed E-state index contributed by atoms with van der Waals surface area (Å²) in [6.45, 7) is 1.72. The standard InChI is InChI=1S/C24H24Cl2N4O2/c25-17-9-10-21(20(26)15-17)30-23-16(14-18-7-5-13-32-18)6-4-8-19(23)22(27-30)24(31)28-29-11-2-1-3-12-29/h5,7,9-10,13-15H,1-4,6,8,11-12H2,(H,28,31). The molecule has 5 rings (SSSR count). The molecule has 6 nitrogen and oxygen atoms in total. The number of nitrogens with zero attached hydrogens (tertiary/aromatic N) is 3. The number of fused-ring (bicyclic) bond motifs is 1. The van der Waals surface area contributed by atoms with Crippen molar-refractivity contribution < 1.29 is 9.21 Å². The average Bonchev–Trinajstić information content (AvgIpc) is 3.43. The van der Waals surface area contributed by atoms with Crippen LogP contribution in [0.15, 0.2) is 41.0 Å². The highest BCUT2D eigenvalue weighted by molar-refractivity contribution is 6.35. The van der Waals surface area contributed by atoms with E-state index >= 15 is 0 Å². The minimum Gasteiger partial charge on any atom is -0.465 e. The van der Waals surface area contributed by atoms with Crippen LogP contribution >= 0.6 is 23.2 Å². The Bertz CT molecular complexity index is 1160. The molecule has 1 amide bonds. The number of carbonyl (C=O) groups excluding carboxylic acids is 1. The first kappa shape index (κ1) is 21.3. The highest BCUT2D eigenvalue weighted by atomic mass is 35.5. The van der Waals surface area contributed by atoms with Crippen LogP contribution in [-0.4, -0.2) is 33.8 Å². The van der Waals surface area contributed by atoms with E-state index in [4.69, 9.17) is 32.7 Å². The van der Waals surface area contributed by atoms with Crippen LogP contribution < -0.4 is 5.43 Å². The Morgan fingerprint density at radius 3 is 2.69 bits per heavy atom. The molecule has 3 aromatic rings. The van der Waals surface area contributed by atoms with Crippen LogP contribution in [0.2, 0.25) is 10.0 Å². The van der Waals surface area contributed by atoms with Crippen LogP contribution in [0.4, 0.5) is 0 Å². The molecule has 0 saturated carbocycles. The van der Waals surface area contributed by atoms with Crippen molar-refractivity contribution >= 4 is 40.8 Å². The molecule has 1 aromatic carbocycles. The zero-order valence-electron chi connectivity index (χ0n) is 17.6. The van der Waals surface area contributed by atoms with Gasteiger partial charge in [-0.25, -0.2) is 9.69 Å². The van der Waals surface area contributed by atoms with E-state index < -0.39 is 0 Å². The second-order valence-corrected chi connectivity index (χ2v) is 9.05. The molecule has 0 radical (unpaired) electrons. The number of rotatable bonds is 4. The summed E-state index contributed by atoms with van der Waals surface area (Å²) >= 11 is 12.7. The van der Waals surface area contributed by atoms with Gasteiger partial charge in [0.25, 0.3) is 5.91 Å². The summed E-state index contributed by atoms with van der Waals surface area (Å²) in [5.74, 6) is 0.591. The molecule has 1 fully saturated rings. The number of halogens is 2. The molecule has 0 atom stereocenters. The first-order chi connectivity index (χ1) is 15.6. The average molecular weight is 471 g/mol. The van der Waals surface area contributed by atoms with Gasteiger partial charge in [-0.15, -0.1) is 0 Å². The zero-order valence-corrected chi connectivity index (χ0v) is 19.1. The number of piperidine rings is 1. The molecule has 8 heteroatoms. The monoisotopic (exact) mass is 470 g/mol. The number of allylic oxidation sites excluding steroid dienone is 1. The molecule has 1 N–H and O–H groups in total. The van der Waals surface area contributed by atoms with Gasteiger partial charge in [-0.1, -0.05) is 29.6 Å². The maximum atomic E-state index is 13.3. The Hall–Kier alpha value is -2.54. The van der Waals surface area contributed by atoms with Crippen molar-refractivity contribution in [2.24, 2.45) is 0 Å². The molecule has 0 unspecified atom stereocenters. The number of nitrogens with one attached hydrogen (secondary N) is 1. The Kier molecular flexibility index (Phi) is 6.09. The number of amides is 1. The van der Waals surface area contributed by atoms with Gasteiger partial charge in [-0.05, 0) is 74.1 Å². The van der Waals surface area contributed by atoms with Crippen LogP contribution in [0.1, 0.15) is 59.6 Å². The SMILES string of the molecule is O=C(NN1CCCCC1)c1nn(-c2ccc(Cl)cc2Cl)c2c1CCCC2=Cc1ccco1. The van der Waals surface area contributed by atoms with Crippen molar-refractivity contribution in [1.82, 2.24) is 20.2 Å². The minimum atomic E-state index is -0.175. The number of hydrogen-bond donors (Lipinski definition) is 1. The molecule has 3 heterocycles. The van der Waals surface area contributed by atoms with Crippen LogP contribution in [-0.2, 0) is 6.42 Å². The summed E-state index contributed by atoms with van der Waals surface area (Å²) in [5, 5.41) is 7.80. The lowest BCUT2D eigenvalue weighted by Crippen LogP contribution is -2.45. The fourth-order valence-electron chi connectivity index (χ4n) is 4.49. The largest absolute Gasteiger partial charge is 0.465 e. The molecule has 1 aliphatic carbocycles. The summed E-state index contributed by atoms with van der Waals surface area (Å²) in [7, 11) is 0. The van der Waals surface area contributed by atoms with Crippen LogP contribution in [0.25, 0.3) is 17.3 Å². The van der Waals surface area contributed by atoms with Crippen molar-refractivity contribution in [1.29, 1.82) is 0 Å². The van der Waals surface area contributed by atoms with E-state index in [1.165, 1.54) is 6.42 Å². The molecule has 2 aromatic heterocycles. The van der Waals surface area contributed by atoms with Crippen molar-refractivity contribution in [3.63, 3.8) is 0 Å². The van der Waals surface area contributed by atoms with E-state index in [0.29, 0.717) is 21.4 Å². The van der Waals surface area contributed by atoms with E-state index in [1.807, 2.05) is 29.3 Å². The van der Waals surface area contributed by atoms with Crippen molar-refractivity contribution in [2.45, 2.75) is 38.5 Å². The fraction of sp³-hybridized carbons (Fsp3) is 0.333. The number of benzene rings is 1. The molecule has 166 valence electrons. The highest BCUT2D eigenvalue weighted by Crippen LogP contribution is 2.37. The second-order valence-electron chi connectivity index (χ2n) is 8.21. The van der Waals surface area contributed by atoms with E-state index in [9.17, 15) is 4.79 Å². The quantitative estimate of drug-likeness (QED) is 0.524. The number of hydrazine groups is 1. The van der Waals surface area contributed by atoms with Gasteiger partial charge in [0.05, 0.1) is 22.7 Å². The van der Waals surface area contributed by atoms with Gasteiger partial charge in [0, 0.05) is 23.7 Å². The van der Waals surface area contributed by atoms with E-state index in [1.54, 1.807) is 23.1 Å². The van der Waals surface area contributed by atoms with Gasteiger partial charge in [0.2, 0.25) is 0 Å². The first-order valence-corrected chi connectivity index (χ1v) is 11.7. The smallest absolute Gasteiger partial charge is 0.286 e. The van der Waals surface area contributed by atoms with Crippen LogP contribution in [0.5, 0.6) is 0 Å². The molecule has 1 aliphatic heterocycles. The highest BCUT2D eigenvalue weighted by Gasteiger charge is 2.30. The topological polar surface area (TPSA) is 63.3 Å². The Morgan fingerprint density at radius 2 is 1.94 bits per heavy atom. The molecule has 32 heavy (non-hydrogen) atoms. The van der Waals surface area contributed by atoms with Crippen molar-refractivity contribution in [3.05, 3.63) is 69.4 Å². The van der Waals surface area contributed by atoms with Crippen molar-refractivity contribution in [3.8, 4) is 5.69 Å². The summed E-state index contributed by atoms with van der Waals surface area (Å²) in [4.78, 5) is 13.3. The summed E-state index contributed by atoms with van der Waals surface area (Å²) < 4.78 is 7.34. The maximum Gasteiger partial charge on any atom is 0.286 e. The molecule has 2 aliphatic rings. The second kappa shape index (κ2) is 9.14. The van der Waals surface area contributed by atoms with E-state index in [2.05, 4.69) is 5.43 Å². The number of furan rings is 1. The minimum absolute atomic E-state index is 0.175. The lowest BCUT2D eigenvalue weighted by molar-refractivity contribution is 0.0743. The molecular formula is C24H24Cl2N4O2. The lowest BCUT2D eigenvalue weighted by atomic mass is 9.90. The molecule has 0 spiro atoms. The molecular weight excluding hydrogens is 447 g/mol. The van der Waals surface area contributed by atoms with Gasteiger partial charge in [0.15, 0.2) is 5.69 Å². The Morgan fingerprint density at radius 1 is 1.09 bits per heavy atom. The summed E-state index contributed by atoms with van der Waals surface area (Å²) in [5.41, 5.74) is 7.11. The van der Waals surface area contributed by atoms with Gasteiger partial charge < -0.3 is 4.42 Å². The molecule has 0 bridgehead atoms. The predicted molar refractivity (Wildman–Crippen MR) is 126 cm³/mol. The third-order valence-corrected chi connectivity index (χ3v) is 6.53. The number of hydrogen-bond acceptors (Lipinski definition) is 4. The predicted octanol–water partition coefficient (Wildman–Crippen LogP) is 5.78. The summed E-state index contributed by atoms with van der Waals surface area (Å²) in [6, 6.07) is 9.09. The first-order valence-electron chi connectivity index (χ1n) is 11.0. The third-order valence-electron chi connectivity index (χ3n) is 5.99. The van der Waals surface area contributed by atoms with Crippen LogP contribution in [0.3, 0.4) is 0 Å². The Labute approximate surface area is 196 Å². The lowest BCUT2D eigenvalue weighted by Gasteiger charge is -2.26. The fourth-order valence-corrected chi connectivity index (χ4v) is 4.98.